The van der Waals surface area contributed by atoms with E-state index in [4.69, 9.17) is 0 Å². The molecule has 1 N–H and O–H groups in total. The van der Waals surface area contributed by atoms with E-state index in [0.29, 0.717) is 5.92 Å². The molecule has 4 rings (SSSR count). The summed E-state index contributed by atoms with van der Waals surface area (Å²) in [6.07, 6.45) is 10.0. The van der Waals surface area contributed by atoms with Crippen molar-refractivity contribution >= 4 is 10.9 Å². The molecule has 112 valence electrons. The summed E-state index contributed by atoms with van der Waals surface area (Å²) < 4.78 is 0. The molecule has 1 aliphatic rings. The number of H-pyrrole nitrogens is 1. The van der Waals surface area contributed by atoms with Gasteiger partial charge in [0.25, 0.3) is 0 Å². The average Bonchev–Trinajstić information content (AvgIpc) is 2.99. The molecular weight excluding hydrogens is 272 g/mol. The van der Waals surface area contributed by atoms with Crippen LogP contribution in [0.25, 0.3) is 10.9 Å². The van der Waals surface area contributed by atoms with Gasteiger partial charge in [0.05, 0.1) is 5.69 Å². The summed E-state index contributed by atoms with van der Waals surface area (Å²) in [7, 11) is 0. The second-order valence-electron chi connectivity index (χ2n) is 6.06. The van der Waals surface area contributed by atoms with Gasteiger partial charge < -0.3 is 4.98 Å². The van der Waals surface area contributed by atoms with Crippen LogP contribution >= 0.6 is 0 Å². The van der Waals surface area contributed by atoms with Gasteiger partial charge in [0.2, 0.25) is 0 Å². The lowest BCUT2D eigenvalue weighted by Crippen LogP contribution is -2.34. The predicted octanol–water partition coefficient (Wildman–Crippen LogP) is 3.34. The van der Waals surface area contributed by atoms with E-state index in [1.807, 2.05) is 6.20 Å². The van der Waals surface area contributed by atoms with E-state index < -0.39 is 0 Å². The molecular formula is C18H20N4. The molecule has 1 unspecified atom stereocenters. The fraction of sp³-hybridized carbons (Fsp3) is 0.333. The lowest BCUT2D eigenvalue weighted by molar-refractivity contribution is 0.199. The number of piperidine rings is 1. The third-order valence-corrected chi connectivity index (χ3v) is 4.58. The molecule has 0 saturated carbocycles. The number of hydrogen-bond donors (Lipinski definition) is 1. The minimum atomic E-state index is 0.507. The van der Waals surface area contributed by atoms with Crippen LogP contribution in [0, 0.1) is 0 Å². The Balaban J connectivity index is 1.51. The van der Waals surface area contributed by atoms with Gasteiger partial charge in [-0.25, -0.2) is 0 Å². The lowest BCUT2D eigenvalue weighted by atomic mass is 9.94. The number of likely N-dealkylation sites (tertiary alicyclic amines) is 1. The molecule has 4 nitrogen and oxygen atoms in total. The van der Waals surface area contributed by atoms with Gasteiger partial charge in [0.1, 0.15) is 0 Å². The van der Waals surface area contributed by atoms with Gasteiger partial charge in [-0.1, -0.05) is 18.2 Å². The summed E-state index contributed by atoms with van der Waals surface area (Å²) in [4.78, 5) is 14.6. The first-order chi connectivity index (χ1) is 10.9. The molecule has 1 aromatic carbocycles. The molecule has 0 bridgehead atoms. The number of aromatic nitrogens is 3. The van der Waals surface area contributed by atoms with Crippen LogP contribution in [-0.2, 0) is 6.54 Å². The summed E-state index contributed by atoms with van der Waals surface area (Å²) in [5, 5.41) is 1.34. The molecule has 0 aliphatic carbocycles. The number of hydrogen-bond acceptors (Lipinski definition) is 3. The molecule has 22 heavy (non-hydrogen) atoms. The zero-order valence-electron chi connectivity index (χ0n) is 12.6. The van der Waals surface area contributed by atoms with Crippen LogP contribution in [0.1, 0.15) is 30.0 Å². The van der Waals surface area contributed by atoms with Crippen LogP contribution in [0.15, 0.2) is 49.1 Å². The quantitative estimate of drug-likeness (QED) is 0.805. The third kappa shape index (κ3) is 2.62. The number of benzene rings is 1. The van der Waals surface area contributed by atoms with Crippen molar-refractivity contribution in [3.8, 4) is 0 Å². The normalized spacial score (nSPS) is 19.5. The highest BCUT2D eigenvalue weighted by atomic mass is 15.1. The van der Waals surface area contributed by atoms with Gasteiger partial charge in [-0.15, -0.1) is 0 Å². The maximum Gasteiger partial charge on any atom is 0.0630 e. The highest BCUT2D eigenvalue weighted by Gasteiger charge is 2.23. The van der Waals surface area contributed by atoms with E-state index in [2.05, 4.69) is 50.3 Å². The van der Waals surface area contributed by atoms with Crippen LogP contribution in [0.2, 0.25) is 0 Å². The van der Waals surface area contributed by atoms with E-state index in [0.717, 1.165) is 25.3 Å². The van der Waals surface area contributed by atoms with Crippen LogP contribution in [0.5, 0.6) is 0 Å². The van der Waals surface area contributed by atoms with E-state index in [9.17, 15) is 0 Å². The average molecular weight is 292 g/mol. The number of aromatic amines is 1. The third-order valence-electron chi connectivity index (χ3n) is 4.58. The maximum atomic E-state index is 4.49. The SMILES string of the molecule is c1ccc2c(CN3CCCC(c4cnccn4)C3)c[nH]c2c1. The summed E-state index contributed by atoms with van der Waals surface area (Å²) in [6, 6.07) is 8.52. The van der Waals surface area contributed by atoms with E-state index in [-0.39, 0.29) is 0 Å². The van der Waals surface area contributed by atoms with Gasteiger partial charge in [0.15, 0.2) is 0 Å². The minimum Gasteiger partial charge on any atom is -0.361 e. The van der Waals surface area contributed by atoms with Crippen molar-refractivity contribution in [2.75, 3.05) is 13.1 Å². The summed E-state index contributed by atoms with van der Waals surface area (Å²) in [6.45, 7) is 3.23. The Labute approximate surface area is 130 Å². The molecule has 3 aromatic rings. The molecule has 1 aliphatic heterocycles. The highest BCUT2D eigenvalue weighted by molar-refractivity contribution is 5.82. The van der Waals surface area contributed by atoms with Gasteiger partial charge in [-0.3, -0.25) is 14.9 Å². The Kier molecular flexibility index (Phi) is 3.60. The molecule has 1 atom stereocenters. The Morgan fingerprint density at radius 1 is 1.23 bits per heavy atom. The first-order valence-electron chi connectivity index (χ1n) is 7.93. The molecule has 1 fully saturated rings. The molecule has 3 heterocycles. The van der Waals surface area contributed by atoms with E-state index in [1.165, 1.54) is 29.3 Å². The van der Waals surface area contributed by atoms with E-state index >= 15 is 0 Å². The largest absolute Gasteiger partial charge is 0.361 e. The zero-order valence-corrected chi connectivity index (χ0v) is 12.6. The first kappa shape index (κ1) is 13.5. The standard InChI is InChI=1S/C18H20N4/c1-2-6-17-16(5-1)15(10-21-17)13-22-9-3-4-14(12-22)18-11-19-7-8-20-18/h1-2,5-8,10-11,14,21H,3-4,9,12-13H2. The molecule has 0 radical (unpaired) electrons. The maximum absolute atomic E-state index is 4.49. The Bertz CT molecular complexity index is 750. The van der Waals surface area contributed by atoms with Crippen LogP contribution < -0.4 is 0 Å². The molecule has 1 saturated heterocycles. The van der Waals surface area contributed by atoms with Crippen molar-refractivity contribution in [3.05, 3.63) is 60.3 Å². The number of nitrogens with zero attached hydrogens (tertiary/aromatic N) is 3. The highest BCUT2D eigenvalue weighted by Crippen LogP contribution is 2.27. The Morgan fingerprint density at radius 2 is 2.18 bits per heavy atom. The Hall–Kier alpha value is -2.20. The second-order valence-corrected chi connectivity index (χ2v) is 6.06. The monoisotopic (exact) mass is 292 g/mol. The van der Waals surface area contributed by atoms with Gasteiger partial charge in [-0.05, 0) is 31.0 Å². The molecule has 0 amide bonds. The lowest BCUT2D eigenvalue weighted by Gasteiger charge is -2.32. The van der Waals surface area contributed by atoms with Gasteiger partial charge in [0, 0.05) is 54.7 Å². The van der Waals surface area contributed by atoms with Crippen LogP contribution in [-0.4, -0.2) is 32.9 Å². The van der Waals surface area contributed by atoms with Crippen LogP contribution in [0.4, 0.5) is 0 Å². The van der Waals surface area contributed by atoms with Crippen molar-refractivity contribution in [1.82, 2.24) is 19.9 Å². The fourth-order valence-corrected chi connectivity index (χ4v) is 3.47. The summed E-state index contributed by atoms with van der Waals surface area (Å²) in [5.74, 6) is 0.507. The summed E-state index contributed by atoms with van der Waals surface area (Å²) >= 11 is 0. The number of nitrogens with one attached hydrogen (secondary N) is 1. The van der Waals surface area contributed by atoms with Crippen LogP contribution in [0.3, 0.4) is 0 Å². The van der Waals surface area contributed by atoms with Crippen molar-refractivity contribution in [2.45, 2.75) is 25.3 Å². The molecule has 4 heteroatoms. The van der Waals surface area contributed by atoms with Crippen molar-refractivity contribution in [2.24, 2.45) is 0 Å². The predicted molar refractivity (Wildman–Crippen MR) is 87.6 cm³/mol. The number of para-hydroxylation sites is 1. The molecule has 0 spiro atoms. The first-order valence-corrected chi connectivity index (χ1v) is 7.93. The van der Waals surface area contributed by atoms with Crippen molar-refractivity contribution in [3.63, 3.8) is 0 Å². The fourth-order valence-electron chi connectivity index (χ4n) is 3.47. The minimum absolute atomic E-state index is 0.507. The van der Waals surface area contributed by atoms with E-state index in [1.54, 1.807) is 12.4 Å². The smallest absolute Gasteiger partial charge is 0.0630 e. The van der Waals surface area contributed by atoms with Gasteiger partial charge in [-0.2, -0.15) is 0 Å². The second kappa shape index (κ2) is 5.89. The Morgan fingerprint density at radius 3 is 3.09 bits per heavy atom. The topological polar surface area (TPSA) is 44.8 Å². The van der Waals surface area contributed by atoms with Crippen molar-refractivity contribution in [1.29, 1.82) is 0 Å². The summed E-state index contributed by atoms with van der Waals surface area (Å²) in [5.41, 5.74) is 3.74. The molecule has 2 aromatic heterocycles. The van der Waals surface area contributed by atoms with Crippen molar-refractivity contribution < 1.29 is 0 Å². The van der Waals surface area contributed by atoms with Gasteiger partial charge >= 0.3 is 0 Å². The zero-order chi connectivity index (χ0) is 14.8. The number of rotatable bonds is 3. The number of fused-ring (bicyclic) bond motifs is 1.